The van der Waals surface area contributed by atoms with Crippen LogP contribution in [0.5, 0.6) is 0 Å². The maximum Gasteiger partial charge on any atom is 0.191 e. The Morgan fingerprint density at radius 2 is 1.86 bits per heavy atom. The maximum absolute atomic E-state index is 13.1. The van der Waals surface area contributed by atoms with Crippen LogP contribution in [0.25, 0.3) is 0 Å². The van der Waals surface area contributed by atoms with Crippen molar-refractivity contribution < 1.29 is 4.39 Å². The molecule has 0 aliphatic heterocycles. The molecule has 1 atom stereocenters. The molecule has 2 N–H and O–H groups in total. The van der Waals surface area contributed by atoms with Crippen LogP contribution in [0.3, 0.4) is 0 Å². The van der Waals surface area contributed by atoms with Crippen molar-refractivity contribution in [3.63, 3.8) is 0 Å². The lowest BCUT2D eigenvalue weighted by molar-refractivity contribution is 0.624. The normalized spacial score (nSPS) is 12.2. The van der Waals surface area contributed by atoms with Gasteiger partial charge in [0.2, 0.25) is 0 Å². The van der Waals surface area contributed by atoms with Gasteiger partial charge in [0.1, 0.15) is 5.82 Å². The van der Waals surface area contributed by atoms with Crippen molar-refractivity contribution in [2.24, 2.45) is 4.99 Å². The van der Waals surface area contributed by atoms with Crippen LogP contribution in [-0.4, -0.2) is 13.0 Å². The van der Waals surface area contributed by atoms with E-state index in [9.17, 15) is 4.39 Å². The van der Waals surface area contributed by atoms with Crippen LogP contribution in [0.1, 0.15) is 24.1 Å². The maximum atomic E-state index is 13.1. The van der Waals surface area contributed by atoms with E-state index >= 15 is 0 Å². The van der Waals surface area contributed by atoms with Crippen molar-refractivity contribution in [2.45, 2.75) is 19.5 Å². The summed E-state index contributed by atoms with van der Waals surface area (Å²) in [6.45, 7) is 2.60. The molecule has 0 radical (unpaired) electrons. The van der Waals surface area contributed by atoms with E-state index in [1.807, 2.05) is 24.3 Å². The van der Waals surface area contributed by atoms with Crippen LogP contribution in [-0.2, 0) is 6.54 Å². The number of hydrogen-bond donors (Lipinski definition) is 2. The topological polar surface area (TPSA) is 36.4 Å². The smallest absolute Gasteiger partial charge is 0.191 e. The molecule has 0 aliphatic rings. The Hall–Kier alpha value is -1.63. The Balaban J connectivity index is 0.00000242. The van der Waals surface area contributed by atoms with E-state index in [1.54, 1.807) is 13.1 Å². The van der Waals surface area contributed by atoms with Gasteiger partial charge in [0.05, 0.1) is 6.04 Å². The summed E-state index contributed by atoms with van der Waals surface area (Å²) in [4.78, 5) is 4.19. The van der Waals surface area contributed by atoms with Crippen molar-refractivity contribution in [1.29, 1.82) is 0 Å². The molecular formula is C17H21FIN3. The fourth-order valence-corrected chi connectivity index (χ4v) is 2.06. The van der Waals surface area contributed by atoms with Gasteiger partial charge in [-0.1, -0.05) is 42.5 Å². The molecule has 22 heavy (non-hydrogen) atoms. The summed E-state index contributed by atoms with van der Waals surface area (Å²) >= 11 is 0. The highest BCUT2D eigenvalue weighted by atomic mass is 127. The zero-order chi connectivity index (χ0) is 15.1. The molecule has 0 spiro atoms. The van der Waals surface area contributed by atoms with Crippen LogP contribution in [0.15, 0.2) is 59.6 Å². The molecule has 2 aromatic carbocycles. The molecule has 0 bridgehead atoms. The summed E-state index contributed by atoms with van der Waals surface area (Å²) in [5.41, 5.74) is 2.07. The summed E-state index contributed by atoms with van der Waals surface area (Å²) in [6, 6.07) is 16.8. The minimum absolute atomic E-state index is 0. The summed E-state index contributed by atoms with van der Waals surface area (Å²) in [7, 11) is 1.72. The van der Waals surface area contributed by atoms with Crippen molar-refractivity contribution in [3.05, 3.63) is 71.5 Å². The van der Waals surface area contributed by atoms with E-state index in [2.05, 4.69) is 34.7 Å². The average Bonchev–Trinajstić information content (AvgIpc) is 2.52. The number of guanidine groups is 1. The molecule has 0 saturated carbocycles. The highest BCUT2D eigenvalue weighted by Gasteiger charge is 2.07. The standard InChI is InChI=1S/C17H20FN3.HI/c1-13(15-8-4-3-5-9-15)21-17(19-2)20-12-14-7-6-10-16(18)11-14;/h3-11,13H,12H2,1-2H3,(H2,19,20,21);1H. The second kappa shape index (κ2) is 9.40. The van der Waals surface area contributed by atoms with Gasteiger partial charge in [0.15, 0.2) is 5.96 Å². The van der Waals surface area contributed by atoms with Gasteiger partial charge >= 0.3 is 0 Å². The van der Waals surface area contributed by atoms with Crippen molar-refractivity contribution >= 4 is 29.9 Å². The number of nitrogens with one attached hydrogen (secondary N) is 2. The van der Waals surface area contributed by atoms with E-state index in [0.717, 1.165) is 5.56 Å². The molecule has 0 aliphatic carbocycles. The first kappa shape index (κ1) is 18.4. The van der Waals surface area contributed by atoms with Crippen LogP contribution >= 0.6 is 24.0 Å². The lowest BCUT2D eigenvalue weighted by atomic mass is 10.1. The van der Waals surface area contributed by atoms with Crippen LogP contribution in [0.4, 0.5) is 4.39 Å². The third-order valence-corrected chi connectivity index (χ3v) is 3.23. The molecule has 2 rings (SSSR count). The van der Waals surface area contributed by atoms with Crippen LogP contribution in [0, 0.1) is 5.82 Å². The zero-order valence-corrected chi connectivity index (χ0v) is 15.0. The molecular weight excluding hydrogens is 392 g/mol. The monoisotopic (exact) mass is 413 g/mol. The highest BCUT2D eigenvalue weighted by molar-refractivity contribution is 14.0. The van der Waals surface area contributed by atoms with Crippen molar-refractivity contribution in [3.8, 4) is 0 Å². The van der Waals surface area contributed by atoms with Gasteiger partial charge in [0, 0.05) is 13.6 Å². The molecule has 0 amide bonds. The molecule has 1 unspecified atom stereocenters. The van der Waals surface area contributed by atoms with Gasteiger partial charge in [-0.3, -0.25) is 4.99 Å². The molecule has 0 fully saturated rings. The fraction of sp³-hybridized carbons (Fsp3) is 0.235. The number of hydrogen-bond acceptors (Lipinski definition) is 1. The van der Waals surface area contributed by atoms with E-state index < -0.39 is 0 Å². The highest BCUT2D eigenvalue weighted by Crippen LogP contribution is 2.10. The van der Waals surface area contributed by atoms with Gasteiger partial charge in [0.25, 0.3) is 0 Å². The lowest BCUT2D eigenvalue weighted by Crippen LogP contribution is -2.38. The number of rotatable bonds is 4. The number of benzene rings is 2. The third-order valence-electron chi connectivity index (χ3n) is 3.23. The second-order valence-electron chi connectivity index (χ2n) is 4.83. The molecule has 0 aromatic heterocycles. The Morgan fingerprint density at radius 1 is 1.14 bits per heavy atom. The Morgan fingerprint density at radius 3 is 2.50 bits per heavy atom. The summed E-state index contributed by atoms with van der Waals surface area (Å²) in [5.74, 6) is 0.463. The average molecular weight is 413 g/mol. The predicted octanol–water partition coefficient (Wildman–Crippen LogP) is 3.87. The van der Waals surface area contributed by atoms with E-state index in [4.69, 9.17) is 0 Å². The molecule has 3 nitrogen and oxygen atoms in total. The van der Waals surface area contributed by atoms with Gasteiger partial charge in [-0.25, -0.2) is 4.39 Å². The minimum atomic E-state index is -0.227. The number of aliphatic imine (C=N–C) groups is 1. The first-order valence-electron chi connectivity index (χ1n) is 6.95. The van der Waals surface area contributed by atoms with Gasteiger partial charge in [-0.05, 0) is 30.2 Å². The zero-order valence-electron chi connectivity index (χ0n) is 12.7. The van der Waals surface area contributed by atoms with E-state index in [0.29, 0.717) is 12.5 Å². The lowest BCUT2D eigenvalue weighted by Gasteiger charge is -2.18. The van der Waals surface area contributed by atoms with Crippen molar-refractivity contribution in [1.82, 2.24) is 10.6 Å². The SMILES string of the molecule is CN=C(NCc1cccc(F)c1)NC(C)c1ccccc1.I. The van der Waals surface area contributed by atoms with Crippen molar-refractivity contribution in [2.75, 3.05) is 7.05 Å². The molecule has 0 saturated heterocycles. The first-order chi connectivity index (χ1) is 10.2. The largest absolute Gasteiger partial charge is 0.352 e. The summed E-state index contributed by atoms with van der Waals surface area (Å²) in [5, 5.41) is 6.50. The van der Waals surface area contributed by atoms with Crippen LogP contribution < -0.4 is 10.6 Å². The Bertz CT molecular complexity index is 602. The van der Waals surface area contributed by atoms with Crippen LogP contribution in [0.2, 0.25) is 0 Å². The summed E-state index contributed by atoms with van der Waals surface area (Å²) in [6.07, 6.45) is 0. The van der Waals surface area contributed by atoms with Gasteiger partial charge in [-0.15, -0.1) is 24.0 Å². The van der Waals surface area contributed by atoms with Gasteiger partial charge < -0.3 is 10.6 Å². The predicted molar refractivity (Wildman–Crippen MR) is 100 cm³/mol. The number of halogens is 2. The second-order valence-corrected chi connectivity index (χ2v) is 4.83. The molecule has 118 valence electrons. The quantitative estimate of drug-likeness (QED) is 0.454. The third kappa shape index (κ3) is 5.63. The van der Waals surface area contributed by atoms with Gasteiger partial charge in [-0.2, -0.15) is 0 Å². The van der Waals surface area contributed by atoms with E-state index in [-0.39, 0.29) is 35.8 Å². The Labute approximate surface area is 148 Å². The Kier molecular flexibility index (Phi) is 7.87. The fourth-order valence-electron chi connectivity index (χ4n) is 2.06. The molecule has 5 heteroatoms. The minimum Gasteiger partial charge on any atom is -0.352 e. The number of nitrogens with zero attached hydrogens (tertiary/aromatic N) is 1. The summed E-state index contributed by atoms with van der Waals surface area (Å²) < 4.78 is 13.1. The molecule has 0 heterocycles. The van der Waals surface area contributed by atoms with E-state index in [1.165, 1.54) is 17.7 Å². The first-order valence-corrected chi connectivity index (χ1v) is 6.95. The molecule has 2 aromatic rings.